The summed E-state index contributed by atoms with van der Waals surface area (Å²) >= 11 is 0. The third-order valence-electron chi connectivity index (χ3n) is 3.10. The lowest BCUT2D eigenvalue weighted by atomic mass is 10.1. The third-order valence-corrected chi connectivity index (χ3v) is 3.10. The predicted molar refractivity (Wildman–Crippen MR) is 78.8 cm³/mol. The van der Waals surface area contributed by atoms with Crippen LogP contribution < -0.4 is 5.32 Å². The van der Waals surface area contributed by atoms with Crippen LogP contribution >= 0.6 is 0 Å². The van der Waals surface area contributed by atoms with Crippen molar-refractivity contribution in [3.8, 4) is 0 Å². The molecule has 1 amide bonds. The maximum absolute atomic E-state index is 11.7. The molecule has 1 heterocycles. The van der Waals surface area contributed by atoms with Gasteiger partial charge in [0.15, 0.2) is 0 Å². The van der Waals surface area contributed by atoms with Gasteiger partial charge in [0.2, 0.25) is 0 Å². The number of hydrogen-bond donors (Lipinski definition) is 1. The van der Waals surface area contributed by atoms with Gasteiger partial charge in [0, 0.05) is 11.9 Å². The van der Waals surface area contributed by atoms with Gasteiger partial charge in [-0.15, -0.1) is 0 Å². The van der Waals surface area contributed by atoms with E-state index < -0.39 is 11.7 Å². The molecule has 0 unspecified atom stereocenters. The van der Waals surface area contributed by atoms with E-state index in [0.29, 0.717) is 6.54 Å². The highest BCUT2D eigenvalue weighted by Crippen LogP contribution is 2.27. The number of carbonyl (C=O) groups is 1. The van der Waals surface area contributed by atoms with Gasteiger partial charge in [0.05, 0.1) is 0 Å². The minimum absolute atomic E-state index is 0.410. The second kappa shape index (κ2) is 5.19. The lowest BCUT2D eigenvalue weighted by Crippen LogP contribution is -2.32. The van der Waals surface area contributed by atoms with Crippen molar-refractivity contribution in [1.29, 1.82) is 0 Å². The Labute approximate surface area is 119 Å². The molecule has 2 aromatic rings. The Bertz CT molecular complexity index is 635. The van der Waals surface area contributed by atoms with Crippen LogP contribution in [0.4, 0.5) is 4.79 Å². The molecule has 0 saturated heterocycles. The van der Waals surface area contributed by atoms with Crippen molar-refractivity contribution in [2.75, 3.05) is 0 Å². The summed E-state index contributed by atoms with van der Waals surface area (Å²) < 4.78 is 10.9. The largest absolute Gasteiger partial charge is 0.461 e. The lowest BCUT2D eigenvalue weighted by molar-refractivity contribution is 0.0524. The molecule has 108 valence electrons. The zero-order chi connectivity index (χ0) is 14.9. The second-order valence-corrected chi connectivity index (χ2v) is 5.93. The van der Waals surface area contributed by atoms with Crippen molar-refractivity contribution in [2.24, 2.45) is 0 Å². The predicted octanol–water partition coefficient (Wildman–Crippen LogP) is 4.07. The molecule has 4 nitrogen and oxygen atoms in total. The van der Waals surface area contributed by atoms with Crippen LogP contribution in [0.15, 0.2) is 22.6 Å². The Morgan fingerprint density at radius 1 is 1.30 bits per heavy atom. The molecule has 0 aliphatic heterocycles. The van der Waals surface area contributed by atoms with Gasteiger partial charge in [-0.25, -0.2) is 4.79 Å². The number of nitrogens with one attached hydrogen (secondary N) is 1. The first kappa shape index (κ1) is 14.4. The van der Waals surface area contributed by atoms with Gasteiger partial charge in [-0.05, 0) is 51.8 Å². The zero-order valence-electron chi connectivity index (χ0n) is 12.7. The highest BCUT2D eigenvalue weighted by Gasteiger charge is 2.17. The van der Waals surface area contributed by atoms with E-state index in [2.05, 4.69) is 5.32 Å². The summed E-state index contributed by atoms with van der Waals surface area (Å²) in [7, 11) is 0. The number of benzene rings is 1. The molecule has 0 saturated carbocycles. The van der Waals surface area contributed by atoms with Crippen LogP contribution in [0.2, 0.25) is 0 Å². The lowest BCUT2D eigenvalue weighted by Gasteiger charge is -2.19. The average Bonchev–Trinajstić information content (AvgIpc) is 2.61. The van der Waals surface area contributed by atoms with Crippen molar-refractivity contribution in [3.63, 3.8) is 0 Å². The number of alkyl carbamates (subject to hydrolysis) is 1. The number of rotatable bonds is 2. The SMILES string of the molecule is Cc1oc2cccc(CNC(=O)OC(C)(C)C)c2c1C. The number of fused-ring (bicyclic) bond motifs is 1. The zero-order valence-corrected chi connectivity index (χ0v) is 12.7. The van der Waals surface area contributed by atoms with Gasteiger partial charge < -0.3 is 14.5 Å². The van der Waals surface area contributed by atoms with Crippen LogP contribution in [0.3, 0.4) is 0 Å². The van der Waals surface area contributed by atoms with Crippen LogP contribution in [-0.4, -0.2) is 11.7 Å². The quantitative estimate of drug-likeness (QED) is 0.898. The Hall–Kier alpha value is -1.97. The molecule has 0 aliphatic rings. The van der Waals surface area contributed by atoms with E-state index in [1.54, 1.807) is 0 Å². The fraction of sp³-hybridized carbons (Fsp3) is 0.438. The van der Waals surface area contributed by atoms with Gasteiger partial charge in [0.1, 0.15) is 16.9 Å². The number of amides is 1. The summed E-state index contributed by atoms with van der Waals surface area (Å²) in [5.41, 5.74) is 2.51. The average molecular weight is 275 g/mol. The molecule has 1 aromatic carbocycles. The highest BCUT2D eigenvalue weighted by atomic mass is 16.6. The smallest absolute Gasteiger partial charge is 0.407 e. The van der Waals surface area contributed by atoms with Crippen molar-refractivity contribution < 1.29 is 13.9 Å². The molecule has 0 radical (unpaired) electrons. The van der Waals surface area contributed by atoms with E-state index in [4.69, 9.17) is 9.15 Å². The fourth-order valence-electron chi connectivity index (χ4n) is 2.13. The molecule has 0 atom stereocenters. The van der Waals surface area contributed by atoms with Crippen LogP contribution in [0.5, 0.6) is 0 Å². The van der Waals surface area contributed by atoms with Crippen LogP contribution in [-0.2, 0) is 11.3 Å². The molecule has 4 heteroatoms. The molecule has 0 bridgehead atoms. The Morgan fingerprint density at radius 3 is 2.65 bits per heavy atom. The third kappa shape index (κ3) is 3.13. The fourth-order valence-corrected chi connectivity index (χ4v) is 2.13. The second-order valence-electron chi connectivity index (χ2n) is 5.93. The van der Waals surface area contributed by atoms with Crippen LogP contribution in [0.1, 0.15) is 37.7 Å². The number of aryl methyl sites for hydroxylation is 2. The molecule has 0 aliphatic carbocycles. The van der Waals surface area contributed by atoms with Gasteiger partial charge in [-0.1, -0.05) is 12.1 Å². The minimum Gasteiger partial charge on any atom is -0.461 e. The van der Waals surface area contributed by atoms with Gasteiger partial charge in [-0.2, -0.15) is 0 Å². The van der Waals surface area contributed by atoms with Crippen molar-refractivity contribution >= 4 is 17.1 Å². The molecule has 0 fully saturated rings. The van der Waals surface area contributed by atoms with E-state index in [1.165, 1.54) is 0 Å². The summed E-state index contributed by atoms with van der Waals surface area (Å²) in [6.07, 6.45) is -0.410. The number of furan rings is 1. The van der Waals surface area contributed by atoms with Gasteiger partial charge >= 0.3 is 6.09 Å². The molecule has 20 heavy (non-hydrogen) atoms. The first-order valence-corrected chi connectivity index (χ1v) is 6.72. The maximum atomic E-state index is 11.7. The topological polar surface area (TPSA) is 51.5 Å². The van der Waals surface area contributed by atoms with Crippen molar-refractivity contribution in [3.05, 3.63) is 35.1 Å². The number of ether oxygens (including phenoxy) is 1. The molecule has 1 aromatic heterocycles. The standard InChI is InChI=1S/C16H21NO3/c1-10-11(2)19-13-8-6-7-12(14(10)13)9-17-15(18)20-16(3,4)5/h6-8H,9H2,1-5H3,(H,17,18). The van der Waals surface area contributed by atoms with E-state index in [-0.39, 0.29) is 0 Å². The van der Waals surface area contributed by atoms with E-state index in [9.17, 15) is 4.79 Å². The monoisotopic (exact) mass is 275 g/mol. The van der Waals surface area contributed by atoms with Gasteiger partial charge in [-0.3, -0.25) is 0 Å². The van der Waals surface area contributed by atoms with Crippen molar-refractivity contribution in [1.82, 2.24) is 5.32 Å². The van der Waals surface area contributed by atoms with Crippen LogP contribution in [0.25, 0.3) is 11.0 Å². The summed E-state index contributed by atoms with van der Waals surface area (Å²) in [4.78, 5) is 11.7. The molecular formula is C16H21NO3. The Kier molecular flexibility index (Phi) is 3.75. The summed E-state index contributed by atoms with van der Waals surface area (Å²) in [5, 5.41) is 3.85. The summed E-state index contributed by atoms with van der Waals surface area (Å²) in [6.45, 7) is 9.93. The molecular weight excluding hydrogens is 254 g/mol. The Morgan fingerprint density at radius 2 is 2.00 bits per heavy atom. The minimum atomic E-state index is -0.488. The number of carbonyl (C=O) groups excluding carboxylic acids is 1. The molecule has 2 rings (SSSR count). The summed E-state index contributed by atoms with van der Waals surface area (Å²) in [5.74, 6) is 0.907. The molecule has 1 N–H and O–H groups in total. The number of hydrogen-bond acceptors (Lipinski definition) is 3. The highest BCUT2D eigenvalue weighted by molar-refractivity contribution is 5.85. The van der Waals surface area contributed by atoms with Crippen molar-refractivity contribution in [2.45, 2.75) is 46.8 Å². The maximum Gasteiger partial charge on any atom is 0.407 e. The van der Waals surface area contributed by atoms with Crippen LogP contribution in [0, 0.1) is 13.8 Å². The first-order chi connectivity index (χ1) is 9.28. The summed E-state index contributed by atoms with van der Waals surface area (Å²) in [6, 6.07) is 5.85. The van der Waals surface area contributed by atoms with E-state index in [1.807, 2.05) is 52.8 Å². The van der Waals surface area contributed by atoms with E-state index >= 15 is 0 Å². The first-order valence-electron chi connectivity index (χ1n) is 6.72. The van der Waals surface area contributed by atoms with E-state index in [0.717, 1.165) is 27.9 Å². The van der Waals surface area contributed by atoms with Gasteiger partial charge in [0.25, 0.3) is 0 Å². The Balaban J connectivity index is 2.16. The normalized spacial score (nSPS) is 11.7. The molecule has 0 spiro atoms.